The van der Waals surface area contributed by atoms with Crippen molar-refractivity contribution < 1.29 is 57.5 Å². The van der Waals surface area contributed by atoms with Crippen LogP contribution in [0.25, 0.3) is 0 Å². The topological polar surface area (TPSA) is 316 Å². The van der Waals surface area contributed by atoms with E-state index in [4.69, 9.17) is 0 Å². The van der Waals surface area contributed by atoms with Crippen LogP contribution < -0.4 is 31.9 Å². The second-order valence-electron chi connectivity index (χ2n) is 26.2. The van der Waals surface area contributed by atoms with Gasteiger partial charge in [0.05, 0.1) is 24.2 Å². The summed E-state index contributed by atoms with van der Waals surface area (Å²) >= 11 is 0. The van der Waals surface area contributed by atoms with E-state index < -0.39 is 0 Å². The van der Waals surface area contributed by atoms with Gasteiger partial charge in [0.15, 0.2) is 34.7 Å². The lowest BCUT2D eigenvalue weighted by molar-refractivity contribution is -0.175. The number of hydrogen-bond donors (Lipinski definition) is 6. The predicted octanol–water partition coefficient (Wildman–Crippen LogP) is -2.52. The first kappa shape index (κ1) is 74.8. The Kier molecular flexibility index (Phi) is 27.6. The standard InChI is InChI=1S/C12H21N3O2.2C11H19N3O2.2C10H17N3O2.C9H15N3O2/c1-9(16)11-6-4-8-14-7-3-5-10(13-2)12(17)15(11)14;1-8(15)10-4-3-6-13-7-5-9(12-2)11(16)14(10)13;1-8(15)10-5-7-13-6-3-4-9(12-2)11(16)14(10)13;1-7(14)9-4-6-12-5-3-8(11-2)10(15)13(9)12;1-7(14)9-4-3-5-12-6-8(11-2)10(15)13(9)12;1-6(13)8-3-4-11-5-7(10-2)9(14)12(8)11/h10-11,13H,3-8H2,1-2H3;2*9-10,12H,3-7H2,1-2H3;2*8-9,11H,3-6H2,1-2H3;7-8,10H,3-5H2,1-2H3. The molecular weight excluding hydrogens is 1200 g/mol. The molecule has 0 aromatic heterocycles. The maximum atomic E-state index is 12.4. The number of hydrazine groups is 6. The summed E-state index contributed by atoms with van der Waals surface area (Å²) in [6.07, 6.45) is 13.1. The van der Waals surface area contributed by atoms with Gasteiger partial charge < -0.3 is 31.9 Å². The zero-order valence-corrected chi connectivity index (χ0v) is 57.3. The van der Waals surface area contributed by atoms with Gasteiger partial charge in [-0.05, 0) is 180 Å². The largest absolute Gasteiger partial charge is 0.309 e. The van der Waals surface area contributed by atoms with Gasteiger partial charge in [-0.1, -0.05) is 0 Å². The van der Waals surface area contributed by atoms with Gasteiger partial charge in [-0.25, -0.2) is 30.1 Å². The quantitative estimate of drug-likeness (QED) is 0.117. The Morgan fingerprint density at radius 2 is 0.430 bits per heavy atom. The number of Topliss-reactive ketones (excluding diaryl/α,β-unsaturated/α-hetero) is 6. The fraction of sp³-hybridized carbons (Fsp3) is 0.810. The fourth-order valence-corrected chi connectivity index (χ4v) is 15.1. The van der Waals surface area contributed by atoms with E-state index in [-0.39, 0.29) is 143 Å². The van der Waals surface area contributed by atoms with Gasteiger partial charge in [-0.3, -0.25) is 87.6 Å². The molecule has 12 unspecified atom stereocenters. The summed E-state index contributed by atoms with van der Waals surface area (Å²) in [7, 11) is 10.8. The monoisotopic (exact) mass is 1310 g/mol. The molecule has 0 aromatic rings. The van der Waals surface area contributed by atoms with E-state index in [0.29, 0.717) is 13.1 Å². The summed E-state index contributed by atoms with van der Waals surface area (Å²) in [6.45, 7) is 19.4. The van der Waals surface area contributed by atoms with Crippen molar-refractivity contribution in [1.29, 1.82) is 0 Å². The van der Waals surface area contributed by atoms with Gasteiger partial charge in [0, 0.05) is 78.5 Å². The Hall–Kier alpha value is -5.64. The summed E-state index contributed by atoms with van der Waals surface area (Å²) in [5.41, 5.74) is 0. The highest BCUT2D eigenvalue weighted by molar-refractivity contribution is 5.94. The van der Waals surface area contributed by atoms with Crippen molar-refractivity contribution in [3.63, 3.8) is 0 Å². The van der Waals surface area contributed by atoms with E-state index in [1.165, 1.54) is 0 Å². The van der Waals surface area contributed by atoms with Gasteiger partial charge in [-0.2, -0.15) is 0 Å². The molecule has 12 aliphatic rings. The van der Waals surface area contributed by atoms with E-state index >= 15 is 0 Å². The first-order valence-corrected chi connectivity index (χ1v) is 33.9. The molecule has 12 aliphatic heterocycles. The molecule has 93 heavy (non-hydrogen) atoms. The third-order valence-electron chi connectivity index (χ3n) is 20.3. The van der Waals surface area contributed by atoms with E-state index in [1.54, 1.807) is 107 Å². The van der Waals surface area contributed by atoms with Gasteiger partial charge in [0.1, 0.15) is 48.3 Å². The summed E-state index contributed by atoms with van der Waals surface area (Å²) in [6, 6.07) is -2.22. The SMILES string of the molecule is CNC1CCCN2CCC(C(C)=O)N2C1=O.CNC1CCCN2CCCC(C(C)=O)N2C1=O.CNC1CCN2CCC(C(C)=O)N2C1=O.CNC1CCN2CCCC(C(C)=O)N2C1=O.CNC1CN2CCC(C(C)=O)N2C1=O.CNC1CN2CCCC(C(C)=O)N2C1=O. The van der Waals surface area contributed by atoms with E-state index in [1.807, 2.05) is 32.1 Å². The minimum atomic E-state index is -0.245. The molecule has 6 N–H and O–H groups in total. The minimum absolute atomic E-state index is 0.0326. The molecular formula is C63H108N18O12. The average Bonchev–Trinajstić information content (AvgIpc) is 1.41. The molecule has 12 fully saturated rings. The highest BCUT2D eigenvalue weighted by Crippen LogP contribution is 2.30. The van der Waals surface area contributed by atoms with Crippen LogP contribution in [-0.4, -0.2) is 324 Å². The van der Waals surface area contributed by atoms with Gasteiger partial charge in [-0.15, -0.1) is 0 Å². The number of fused-ring (bicyclic) bond motifs is 6. The van der Waals surface area contributed by atoms with Crippen LogP contribution >= 0.6 is 0 Å². The Morgan fingerprint density at radius 3 is 0.710 bits per heavy atom. The third kappa shape index (κ3) is 17.1. The number of rotatable bonds is 12. The van der Waals surface area contributed by atoms with Crippen molar-refractivity contribution in [3.05, 3.63) is 0 Å². The second kappa shape index (κ2) is 34.3. The molecule has 0 bridgehead atoms. The molecule has 0 aliphatic carbocycles. The average molecular weight is 1310 g/mol. The van der Waals surface area contributed by atoms with Crippen LogP contribution in [0.15, 0.2) is 0 Å². The van der Waals surface area contributed by atoms with Crippen LogP contribution in [0.3, 0.4) is 0 Å². The lowest BCUT2D eigenvalue weighted by atomic mass is 10.00. The molecule has 12 heterocycles. The van der Waals surface area contributed by atoms with Crippen LogP contribution in [0.2, 0.25) is 0 Å². The van der Waals surface area contributed by atoms with Gasteiger partial charge in [0.2, 0.25) is 0 Å². The maximum Gasteiger partial charge on any atom is 0.256 e. The number of amides is 6. The minimum Gasteiger partial charge on any atom is -0.309 e. The van der Waals surface area contributed by atoms with Crippen molar-refractivity contribution in [2.75, 3.05) is 121 Å². The number of hydrogen-bond acceptors (Lipinski definition) is 24. The molecule has 12 rings (SSSR count). The summed E-state index contributed by atoms with van der Waals surface area (Å²) in [5.74, 6) is 0.813. The van der Waals surface area contributed by atoms with Crippen LogP contribution in [0, 0.1) is 0 Å². The molecule has 6 amide bonds. The first-order valence-electron chi connectivity index (χ1n) is 33.9. The number of nitrogens with one attached hydrogen (secondary N) is 6. The molecule has 30 nitrogen and oxygen atoms in total. The van der Waals surface area contributed by atoms with Crippen LogP contribution in [-0.2, 0) is 57.5 Å². The zero-order chi connectivity index (χ0) is 68.1. The van der Waals surface area contributed by atoms with E-state index in [9.17, 15) is 57.5 Å². The summed E-state index contributed by atoms with van der Waals surface area (Å²) in [5, 5.41) is 40.2. The van der Waals surface area contributed by atoms with Crippen molar-refractivity contribution >= 4 is 70.1 Å². The highest BCUT2D eigenvalue weighted by atomic mass is 16.2. The van der Waals surface area contributed by atoms with Crippen LogP contribution in [0.1, 0.15) is 138 Å². The Labute approximate surface area is 549 Å². The molecule has 12 atom stereocenters. The lowest BCUT2D eigenvalue weighted by Crippen LogP contribution is -2.65. The van der Waals surface area contributed by atoms with Crippen molar-refractivity contribution in [3.8, 4) is 0 Å². The van der Waals surface area contributed by atoms with Crippen molar-refractivity contribution in [2.45, 2.75) is 210 Å². The summed E-state index contributed by atoms with van der Waals surface area (Å²) in [4.78, 5) is 141. The van der Waals surface area contributed by atoms with Crippen molar-refractivity contribution in [1.82, 2.24) is 92.0 Å². The van der Waals surface area contributed by atoms with E-state index in [2.05, 4.69) is 36.9 Å². The lowest BCUT2D eigenvalue weighted by Gasteiger charge is -2.48. The zero-order valence-electron chi connectivity index (χ0n) is 57.3. The number of ketones is 6. The maximum absolute atomic E-state index is 12.4. The first-order chi connectivity index (χ1) is 44.4. The van der Waals surface area contributed by atoms with Gasteiger partial charge >= 0.3 is 0 Å². The number of carbonyl (C=O) groups is 12. The Bertz CT molecular complexity index is 2710. The van der Waals surface area contributed by atoms with Crippen LogP contribution in [0.4, 0.5) is 0 Å². The molecule has 12 saturated heterocycles. The molecule has 0 aromatic carbocycles. The number of carbonyl (C=O) groups excluding carboxylic acids is 12. The predicted molar refractivity (Wildman–Crippen MR) is 344 cm³/mol. The molecule has 0 radical (unpaired) electrons. The van der Waals surface area contributed by atoms with E-state index in [0.717, 1.165) is 162 Å². The molecule has 522 valence electrons. The highest BCUT2D eigenvalue weighted by Gasteiger charge is 2.49. The van der Waals surface area contributed by atoms with Crippen molar-refractivity contribution in [2.24, 2.45) is 0 Å². The van der Waals surface area contributed by atoms with Gasteiger partial charge in [0.25, 0.3) is 35.4 Å². The van der Waals surface area contributed by atoms with Crippen LogP contribution in [0.5, 0.6) is 0 Å². The smallest absolute Gasteiger partial charge is 0.256 e. The molecule has 30 heteroatoms. The number of nitrogens with zero attached hydrogens (tertiary/aromatic N) is 12. The normalized spacial score (nSPS) is 31.6. The third-order valence-corrected chi connectivity index (χ3v) is 20.3. The Balaban J connectivity index is 0.000000158. The molecule has 0 saturated carbocycles. The number of likely N-dealkylation sites (N-methyl/N-ethyl adjacent to an activating group) is 6. The fourth-order valence-electron chi connectivity index (χ4n) is 15.1. The molecule has 0 spiro atoms. The summed E-state index contributed by atoms with van der Waals surface area (Å²) < 4.78 is 0. The second-order valence-corrected chi connectivity index (χ2v) is 26.2. The Morgan fingerprint density at radius 1 is 0.247 bits per heavy atom.